The Morgan fingerprint density at radius 1 is 1.05 bits per heavy atom. The first-order chi connectivity index (χ1) is 9.79. The highest BCUT2D eigenvalue weighted by molar-refractivity contribution is 9.10. The number of carbonyl (C=O) groups excluding carboxylic acids is 1. The summed E-state index contributed by atoms with van der Waals surface area (Å²) in [4.78, 5) is 12.4. The van der Waals surface area contributed by atoms with Crippen molar-refractivity contribution in [2.24, 2.45) is 0 Å². The van der Waals surface area contributed by atoms with Gasteiger partial charge in [-0.15, -0.1) is 0 Å². The Morgan fingerprint density at radius 3 is 2.24 bits per heavy atom. The van der Waals surface area contributed by atoms with Crippen LogP contribution in [-0.2, 0) is 11.8 Å². The van der Waals surface area contributed by atoms with E-state index in [1.807, 2.05) is 37.3 Å². The van der Waals surface area contributed by atoms with Crippen LogP contribution in [0.4, 0.5) is 0 Å². The largest absolute Gasteiger partial charge is 0.294 e. The Bertz CT molecular complexity index is 648. The Kier molecular flexibility index (Phi) is 4.67. The second kappa shape index (κ2) is 6.15. The topological polar surface area (TPSA) is 17.1 Å². The Morgan fingerprint density at radius 2 is 1.67 bits per heavy atom. The quantitative estimate of drug-likeness (QED) is 0.673. The lowest BCUT2D eigenvalue weighted by atomic mass is 9.86. The molecule has 2 heteroatoms. The molecule has 0 amide bonds. The number of benzene rings is 2. The standard InChI is InChI=1S/C19H21BrO/c1-13-15(6-5-7-17(13)20)12-18(21)14-8-10-16(11-9-14)19(2,3)4/h5-11H,12H2,1-4H3. The van der Waals surface area contributed by atoms with Crippen LogP contribution in [0.15, 0.2) is 46.9 Å². The summed E-state index contributed by atoms with van der Waals surface area (Å²) in [5.74, 6) is 0.164. The minimum atomic E-state index is 0.114. The van der Waals surface area contributed by atoms with Gasteiger partial charge in [0.2, 0.25) is 0 Å². The molecule has 0 N–H and O–H groups in total. The van der Waals surface area contributed by atoms with Gasteiger partial charge in [-0.25, -0.2) is 0 Å². The second-order valence-electron chi connectivity index (χ2n) is 6.45. The zero-order valence-corrected chi connectivity index (χ0v) is 14.6. The number of Topliss-reactive ketones (excluding diaryl/α,β-unsaturated/α-hetero) is 1. The van der Waals surface area contributed by atoms with Crippen LogP contribution in [0, 0.1) is 6.92 Å². The molecular weight excluding hydrogens is 324 g/mol. The van der Waals surface area contributed by atoms with Gasteiger partial charge in [0.1, 0.15) is 0 Å². The number of ketones is 1. The highest BCUT2D eigenvalue weighted by Gasteiger charge is 2.15. The van der Waals surface area contributed by atoms with Crippen molar-refractivity contribution < 1.29 is 4.79 Å². The van der Waals surface area contributed by atoms with Crippen molar-refractivity contribution in [2.75, 3.05) is 0 Å². The number of carbonyl (C=O) groups is 1. The molecule has 0 aliphatic rings. The lowest BCUT2D eigenvalue weighted by molar-refractivity contribution is 0.0992. The summed E-state index contributed by atoms with van der Waals surface area (Å²) in [6, 6.07) is 14.0. The van der Waals surface area contributed by atoms with Crippen LogP contribution in [0.25, 0.3) is 0 Å². The summed E-state index contributed by atoms with van der Waals surface area (Å²) in [6.07, 6.45) is 0.445. The Labute approximate surface area is 135 Å². The van der Waals surface area contributed by atoms with E-state index < -0.39 is 0 Å². The molecular formula is C19H21BrO. The molecule has 2 aromatic carbocycles. The first-order valence-electron chi connectivity index (χ1n) is 7.17. The molecule has 0 unspecified atom stereocenters. The van der Waals surface area contributed by atoms with E-state index in [0.29, 0.717) is 6.42 Å². The van der Waals surface area contributed by atoms with Crippen molar-refractivity contribution in [3.05, 3.63) is 69.2 Å². The van der Waals surface area contributed by atoms with Crippen molar-refractivity contribution in [2.45, 2.75) is 39.5 Å². The second-order valence-corrected chi connectivity index (χ2v) is 7.31. The van der Waals surface area contributed by atoms with Gasteiger partial charge < -0.3 is 0 Å². The van der Waals surface area contributed by atoms with Crippen LogP contribution >= 0.6 is 15.9 Å². The SMILES string of the molecule is Cc1c(Br)cccc1CC(=O)c1ccc(C(C)(C)C)cc1. The Hall–Kier alpha value is -1.41. The molecule has 0 aliphatic heterocycles. The number of halogens is 1. The molecule has 1 nitrogen and oxygen atoms in total. The molecule has 0 bridgehead atoms. The van der Waals surface area contributed by atoms with Gasteiger partial charge >= 0.3 is 0 Å². The van der Waals surface area contributed by atoms with E-state index >= 15 is 0 Å². The van der Waals surface area contributed by atoms with Crippen LogP contribution in [-0.4, -0.2) is 5.78 Å². The van der Waals surface area contributed by atoms with Crippen molar-refractivity contribution >= 4 is 21.7 Å². The molecule has 0 aliphatic carbocycles. The first-order valence-corrected chi connectivity index (χ1v) is 7.96. The summed E-state index contributed by atoms with van der Waals surface area (Å²) < 4.78 is 1.05. The van der Waals surface area contributed by atoms with Crippen LogP contribution in [0.3, 0.4) is 0 Å². The zero-order chi connectivity index (χ0) is 15.6. The maximum Gasteiger partial charge on any atom is 0.167 e. The highest BCUT2D eigenvalue weighted by Crippen LogP contribution is 2.24. The van der Waals surface area contributed by atoms with Crippen molar-refractivity contribution in [1.29, 1.82) is 0 Å². The van der Waals surface area contributed by atoms with E-state index in [1.54, 1.807) is 0 Å². The molecule has 0 spiro atoms. The minimum absolute atomic E-state index is 0.114. The Balaban J connectivity index is 2.19. The smallest absolute Gasteiger partial charge is 0.167 e. The third kappa shape index (κ3) is 3.82. The van der Waals surface area contributed by atoms with Crippen LogP contribution in [0.2, 0.25) is 0 Å². The van der Waals surface area contributed by atoms with E-state index in [4.69, 9.17) is 0 Å². The van der Waals surface area contributed by atoms with E-state index in [9.17, 15) is 4.79 Å². The van der Waals surface area contributed by atoms with Gasteiger partial charge in [0.15, 0.2) is 5.78 Å². The predicted octanol–water partition coefficient (Wildman–Crippen LogP) is 5.48. The molecule has 110 valence electrons. The van der Waals surface area contributed by atoms with E-state index in [2.05, 4.69) is 48.8 Å². The summed E-state index contributed by atoms with van der Waals surface area (Å²) in [6.45, 7) is 8.56. The van der Waals surface area contributed by atoms with Gasteiger partial charge in [-0.3, -0.25) is 4.79 Å². The monoisotopic (exact) mass is 344 g/mol. The molecule has 2 rings (SSSR count). The molecule has 0 atom stereocenters. The van der Waals surface area contributed by atoms with Gasteiger partial charge in [-0.1, -0.05) is 73.1 Å². The molecule has 0 heterocycles. The molecule has 2 aromatic rings. The van der Waals surface area contributed by atoms with E-state index in [0.717, 1.165) is 21.2 Å². The fraction of sp³-hybridized carbons (Fsp3) is 0.316. The molecule has 0 saturated carbocycles. The van der Waals surface area contributed by atoms with Gasteiger partial charge in [0, 0.05) is 16.5 Å². The first kappa shape index (κ1) is 16.0. The van der Waals surface area contributed by atoms with Crippen LogP contribution in [0.1, 0.15) is 47.8 Å². The lowest BCUT2D eigenvalue weighted by Gasteiger charge is -2.19. The molecule has 0 aromatic heterocycles. The number of hydrogen-bond acceptors (Lipinski definition) is 1. The van der Waals surface area contributed by atoms with Crippen LogP contribution < -0.4 is 0 Å². The molecule has 0 saturated heterocycles. The van der Waals surface area contributed by atoms with E-state index in [1.165, 1.54) is 5.56 Å². The zero-order valence-electron chi connectivity index (χ0n) is 13.0. The summed E-state index contributed by atoms with van der Waals surface area (Å²) in [7, 11) is 0. The van der Waals surface area contributed by atoms with Gasteiger partial charge in [0.05, 0.1) is 0 Å². The summed E-state index contributed by atoms with van der Waals surface area (Å²) in [5.41, 5.74) is 4.36. The maximum atomic E-state index is 12.4. The van der Waals surface area contributed by atoms with E-state index in [-0.39, 0.29) is 11.2 Å². The summed E-state index contributed by atoms with van der Waals surface area (Å²) in [5, 5.41) is 0. The number of rotatable bonds is 3. The fourth-order valence-electron chi connectivity index (χ4n) is 2.27. The third-order valence-electron chi connectivity index (χ3n) is 3.80. The fourth-order valence-corrected chi connectivity index (χ4v) is 2.68. The third-order valence-corrected chi connectivity index (χ3v) is 4.66. The van der Waals surface area contributed by atoms with Crippen molar-refractivity contribution in [3.8, 4) is 0 Å². The van der Waals surface area contributed by atoms with Gasteiger partial charge in [-0.05, 0) is 35.1 Å². The molecule has 0 fully saturated rings. The number of hydrogen-bond donors (Lipinski definition) is 0. The predicted molar refractivity (Wildman–Crippen MR) is 92.1 cm³/mol. The van der Waals surface area contributed by atoms with Crippen molar-refractivity contribution in [1.82, 2.24) is 0 Å². The normalized spacial score (nSPS) is 11.5. The lowest BCUT2D eigenvalue weighted by Crippen LogP contribution is -2.11. The maximum absolute atomic E-state index is 12.4. The minimum Gasteiger partial charge on any atom is -0.294 e. The average molecular weight is 345 g/mol. The van der Waals surface area contributed by atoms with Gasteiger partial charge in [-0.2, -0.15) is 0 Å². The molecule has 0 radical (unpaired) electrons. The van der Waals surface area contributed by atoms with Gasteiger partial charge in [0.25, 0.3) is 0 Å². The molecule has 21 heavy (non-hydrogen) atoms. The van der Waals surface area contributed by atoms with Crippen molar-refractivity contribution in [3.63, 3.8) is 0 Å². The summed E-state index contributed by atoms with van der Waals surface area (Å²) >= 11 is 3.51. The highest BCUT2D eigenvalue weighted by atomic mass is 79.9. The van der Waals surface area contributed by atoms with Crippen LogP contribution in [0.5, 0.6) is 0 Å². The average Bonchev–Trinajstić information content (AvgIpc) is 2.43.